The summed E-state index contributed by atoms with van der Waals surface area (Å²) in [6.45, 7) is -0.581. The van der Waals surface area contributed by atoms with Gasteiger partial charge in [0.05, 0.1) is 19.0 Å². The molecule has 1 amide bonds. The summed E-state index contributed by atoms with van der Waals surface area (Å²) < 4.78 is 93.8. The quantitative estimate of drug-likeness (QED) is 0.633. The van der Waals surface area contributed by atoms with Gasteiger partial charge in [0.25, 0.3) is 0 Å². The Kier molecular flexibility index (Phi) is 5.73. The lowest BCUT2D eigenvalue weighted by Crippen LogP contribution is -2.45. The van der Waals surface area contributed by atoms with Crippen LogP contribution in [0, 0.1) is 5.92 Å². The molecule has 4 heterocycles. The number of rotatable bonds is 3. The van der Waals surface area contributed by atoms with E-state index in [-0.39, 0.29) is 37.4 Å². The maximum Gasteiger partial charge on any atom is 0.433 e. The Labute approximate surface area is 181 Å². The predicted molar refractivity (Wildman–Crippen MR) is 97.8 cm³/mol. The Morgan fingerprint density at radius 1 is 1.15 bits per heavy atom. The van der Waals surface area contributed by atoms with Gasteiger partial charge in [0, 0.05) is 19.2 Å². The lowest BCUT2D eigenvalue weighted by atomic mass is 9.91. The molecule has 0 aliphatic carbocycles. The summed E-state index contributed by atoms with van der Waals surface area (Å²) in [5.41, 5.74) is -1.85. The Morgan fingerprint density at radius 2 is 1.88 bits per heavy atom. The molecule has 33 heavy (non-hydrogen) atoms. The maximum atomic E-state index is 13.6. The second-order valence-electron chi connectivity index (χ2n) is 8.14. The summed E-state index contributed by atoms with van der Waals surface area (Å²) >= 11 is 0. The van der Waals surface area contributed by atoms with Crippen molar-refractivity contribution in [2.45, 2.75) is 50.4 Å². The lowest BCUT2D eigenvalue weighted by molar-refractivity contribution is -0.183. The molecule has 180 valence electrons. The highest BCUT2D eigenvalue weighted by Gasteiger charge is 2.48. The predicted octanol–water partition coefficient (Wildman–Crippen LogP) is 2.74. The van der Waals surface area contributed by atoms with E-state index >= 15 is 0 Å². The van der Waals surface area contributed by atoms with E-state index in [2.05, 4.69) is 10.1 Å². The summed E-state index contributed by atoms with van der Waals surface area (Å²) in [6.07, 6.45) is -11.0. The van der Waals surface area contributed by atoms with Crippen LogP contribution < -0.4 is 5.69 Å². The summed E-state index contributed by atoms with van der Waals surface area (Å²) in [5, 5.41) is 3.93. The highest BCUT2D eigenvalue weighted by atomic mass is 19.4. The van der Waals surface area contributed by atoms with Crippen LogP contribution in [0.1, 0.15) is 36.0 Å². The largest absolute Gasteiger partial charge is 0.433 e. The van der Waals surface area contributed by atoms with E-state index in [0.29, 0.717) is 6.07 Å². The van der Waals surface area contributed by atoms with Gasteiger partial charge in [0.15, 0.2) is 0 Å². The lowest BCUT2D eigenvalue weighted by Gasteiger charge is -2.32. The van der Waals surface area contributed by atoms with Crippen molar-refractivity contribution in [1.29, 1.82) is 0 Å². The molecule has 0 saturated carbocycles. The summed E-state index contributed by atoms with van der Waals surface area (Å²) in [5.74, 6) is -2.98. The molecule has 0 unspecified atom stereocenters. The fraction of sp³-hybridized carbons (Fsp3) is 0.579. The number of pyridine rings is 1. The van der Waals surface area contributed by atoms with Crippen molar-refractivity contribution >= 4 is 5.91 Å². The zero-order valence-corrected chi connectivity index (χ0v) is 16.9. The van der Waals surface area contributed by atoms with Crippen LogP contribution in [0.4, 0.5) is 30.7 Å². The van der Waals surface area contributed by atoms with E-state index in [1.165, 1.54) is 0 Å². The number of hydrogen-bond acceptors (Lipinski definition) is 4. The van der Waals surface area contributed by atoms with Crippen LogP contribution in [0.3, 0.4) is 0 Å². The Morgan fingerprint density at radius 3 is 2.42 bits per heavy atom. The average Bonchev–Trinajstić information content (AvgIpc) is 3.29. The molecule has 0 spiro atoms. The number of amides is 1. The van der Waals surface area contributed by atoms with Crippen molar-refractivity contribution in [3.8, 4) is 0 Å². The number of carbonyl (C=O) groups excluding carboxylic acids is 1. The molecule has 7 nitrogen and oxygen atoms in total. The van der Waals surface area contributed by atoms with Gasteiger partial charge in [-0.2, -0.15) is 31.4 Å². The normalized spacial score (nSPS) is 23.6. The number of nitrogens with zero attached hydrogens (tertiary/aromatic N) is 5. The number of fused-ring (bicyclic) bond motifs is 1. The molecule has 3 atom stereocenters. The smallest absolute Gasteiger partial charge is 0.338 e. The van der Waals surface area contributed by atoms with Crippen LogP contribution in [0.15, 0.2) is 23.1 Å². The molecule has 0 radical (unpaired) electrons. The molecular weight excluding hydrogens is 463 g/mol. The van der Waals surface area contributed by atoms with Gasteiger partial charge in [0.2, 0.25) is 5.91 Å². The van der Waals surface area contributed by atoms with Crippen LogP contribution in [0.25, 0.3) is 0 Å². The average molecular weight is 481 g/mol. The van der Waals surface area contributed by atoms with Gasteiger partial charge >= 0.3 is 18.0 Å². The zero-order valence-electron chi connectivity index (χ0n) is 16.9. The van der Waals surface area contributed by atoms with Crippen molar-refractivity contribution in [3.05, 3.63) is 45.9 Å². The van der Waals surface area contributed by atoms with Gasteiger partial charge in [-0.3, -0.25) is 14.3 Å². The van der Waals surface area contributed by atoms with E-state index in [4.69, 9.17) is 0 Å². The molecule has 1 saturated heterocycles. The van der Waals surface area contributed by atoms with Crippen molar-refractivity contribution < 1.29 is 35.5 Å². The highest BCUT2D eigenvalue weighted by Crippen LogP contribution is 2.39. The van der Waals surface area contributed by atoms with Crippen molar-refractivity contribution in [2.24, 2.45) is 5.92 Å². The van der Waals surface area contributed by atoms with Crippen LogP contribution in [0.2, 0.25) is 0 Å². The van der Waals surface area contributed by atoms with E-state index in [1.54, 1.807) is 0 Å². The number of carbonyl (C=O) groups is 1. The topological polar surface area (TPSA) is 73.0 Å². The molecule has 4 rings (SSSR count). The molecule has 2 aromatic heterocycles. The van der Waals surface area contributed by atoms with E-state index < -0.39 is 60.6 Å². The zero-order chi connectivity index (χ0) is 24.1. The minimum atomic E-state index is -4.66. The minimum Gasteiger partial charge on any atom is -0.338 e. The first kappa shape index (κ1) is 23.2. The molecule has 2 aliphatic heterocycles. The van der Waals surface area contributed by atoms with E-state index in [0.717, 1.165) is 26.4 Å². The number of hydrogen-bond donors (Lipinski definition) is 0. The third kappa shape index (κ3) is 4.60. The number of likely N-dealkylation sites (tertiary alicyclic amines) is 1. The van der Waals surface area contributed by atoms with Gasteiger partial charge < -0.3 is 4.90 Å². The number of aromatic nitrogens is 4. The van der Waals surface area contributed by atoms with Crippen molar-refractivity contribution in [2.75, 3.05) is 13.1 Å². The van der Waals surface area contributed by atoms with Gasteiger partial charge in [-0.05, 0) is 24.5 Å². The van der Waals surface area contributed by atoms with Crippen molar-refractivity contribution in [3.63, 3.8) is 0 Å². The van der Waals surface area contributed by atoms with Gasteiger partial charge in [-0.15, -0.1) is 0 Å². The van der Waals surface area contributed by atoms with Crippen LogP contribution in [-0.2, 0) is 23.9 Å². The Bertz CT molecular complexity index is 1090. The Hall–Kier alpha value is -2.93. The minimum absolute atomic E-state index is 0.0304. The van der Waals surface area contributed by atoms with Gasteiger partial charge in [-0.1, -0.05) is 6.07 Å². The molecular formula is C19H18F7N5O2. The molecule has 2 aliphatic rings. The molecule has 0 N–H and O–H groups in total. The fourth-order valence-electron chi connectivity index (χ4n) is 4.15. The molecule has 0 bridgehead atoms. The molecule has 2 aromatic rings. The van der Waals surface area contributed by atoms with Crippen molar-refractivity contribution in [1.82, 2.24) is 24.2 Å². The first-order valence-electron chi connectivity index (χ1n) is 10.0. The third-order valence-electron chi connectivity index (χ3n) is 5.83. The molecule has 14 heteroatoms. The van der Waals surface area contributed by atoms with E-state index in [9.17, 15) is 40.3 Å². The maximum absolute atomic E-state index is 13.6. The van der Waals surface area contributed by atoms with Crippen LogP contribution in [0.5, 0.6) is 0 Å². The first-order valence-corrected chi connectivity index (χ1v) is 10.0. The third-order valence-corrected chi connectivity index (χ3v) is 5.83. The first-order chi connectivity index (χ1) is 15.3. The second-order valence-corrected chi connectivity index (χ2v) is 8.14. The SMILES string of the molecule is O=C([C@@H]1C[C@@H](C(F)(F)F)Cc2nn(Cc3ccc(C(F)(F)F)nc3)c(=O)n21)N1CC[C@H](F)C1. The van der Waals surface area contributed by atoms with Gasteiger partial charge in [-0.25, -0.2) is 13.9 Å². The monoisotopic (exact) mass is 481 g/mol. The second kappa shape index (κ2) is 8.13. The summed E-state index contributed by atoms with van der Waals surface area (Å²) in [7, 11) is 0. The number of alkyl halides is 7. The van der Waals surface area contributed by atoms with E-state index in [1.807, 2.05) is 0 Å². The molecule has 1 fully saturated rings. The standard InChI is InChI=1S/C19H18F7N5O2/c20-12-3-4-29(9-12)16(32)13-5-11(18(21,22)23)6-15-28-30(17(33)31(13)15)8-10-1-2-14(27-7-10)19(24,25)26/h1-2,7,11-13H,3-6,8-9H2/t11-,12+,13+/m1/s1. The summed E-state index contributed by atoms with van der Waals surface area (Å²) in [6, 6.07) is 0.286. The van der Waals surface area contributed by atoms with Crippen LogP contribution >= 0.6 is 0 Å². The Balaban J connectivity index is 1.66. The van der Waals surface area contributed by atoms with Gasteiger partial charge in [0.1, 0.15) is 23.7 Å². The number of halogens is 7. The highest BCUT2D eigenvalue weighted by molar-refractivity contribution is 5.81. The van der Waals surface area contributed by atoms with Crippen LogP contribution in [-0.4, -0.2) is 55.6 Å². The molecule has 0 aromatic carbocycles. The summed E-state index contributed by atoms with van der Waals surface area (Å²) in [4.78, 5) is 30.2. The fourth-order valence-corrected chi connectivity index (χ4v) is 4.15.